The van der Waals surface area contributed by atoms with E-state index in [0.29, 0.717) is 26.2 Å². The molecule has 1 amide bonds. The molecule has 0 aromatic heterocycles. The Hall–Kier alpha value is -0.910. The first-order valence-corrected chi connectivity index (χ1v) is 6.72. The summed E-state index contributed by atoms with van der Waals surface area (Å²) in [6.07, 6.45) is 0.842. The van der Waals surface area contributed by atoms with Crippen LogP contribution in [0.15, 0.2) is 28.7 Å². The summed E-state index contributed by atoms with van der Waals surface area (Å²) in [6, 6.07) is 8.02. The number of carbonyl (C=O) groups excluding carboxylic acids is 1. The van der Waals surface area contributed by atoms with E-state index in [1.165, 1.54) is 0 Å². The minimum absolute atomic E-state index is 0.0169. The monoisotopic (exact) mass is 314 g/mol. The molecule has 0 aliphatic carbocycles. The zero-order chi connectivity index (χ0) is 13.2. The van der Waals surface area contributed by atoms with Gasteiger partial charge < -0.3 is 15.4 Å². The summed E-state index contributed by atoms with van der Waals surface area (Å²) in [5.41, 5.74) is 1.16. The van der Waals surface area contributed by atoms with Crippen molar-refractivity contribution in [2.45, 2.75) is 13.0 Å². The van der Waals surface area contributed by atoms with E-state index >= 15 is 0 Å². The molecule has 4 nitrogen and oxygen atoms in total. The third-order valence-corrected chi connectivity index (χ3v) is 2.90. The highest BCUT2D eigenvalue weighted by Crippen LogP contribution is 2.09. The van der Waals surface area contributed by atoms with Gasteiger partial charge in [-0.15, -0.1) is 0 Å². The first kappa shape index (κ1) is 15.1. The molecular formula is C13H19BrN2O2. The van der Waals surface area contributed by atoms with Crippen LogP contribution in [0.3, 0.4) is 0 Å². The average Bonchev–Trinajstić information content (AvgIpc) is 2.37. The van der Waals surface area contributed by atoms with Crippen LogP contribution in [0.25, 0.3) is 0 Å². The Bertz CT molecular complexity index is 355. The number of ether oxygens (including phenoxy) is 1. The molecule has 0 aliphatic rings. The van der Waals surface area contributed by atoms with Gasteiger partial charge in [-0.25, -0.2) is 0 Å². The van der Waals surface area contributed by atoms with Gasteiger partial charge in [-0.2, -0.15) is 0 Å². The van der Waals surface area contributed by atoms with Crippen LogP contribution in [-0.4, -0.2) is 32.7 Å². The van der Waals surface area contributed by atoms with Gasteiger partial charge in [0, 0.05) is 31.3 Å². The molecule has 100 valence electrons. The second kappa shape index (κ2) is 9.08. The van der Waals surface area contributed by atoms with E-state index in [9.17, 15) is 4.79 Å². The van der Waals surface area contributed by atoms with E-state index in [1.54, 1.807) is 7.11 Å². The summed E-state index contributed by atoms with van der Waals surface area (Å²) in [5, 5.41) is 5.93. The van der Waals surface area contributed by atoms with Crippen LogP contribution in [0.2, 0.25) is 0 Å². The van der Waals surface area contributed by atoms with Gasteiger partial charge in [-0.05, 0) is 24.1 Å². The van der Waals surface area contributed by atoms with Crippen molar-refractivity contribution < 1.29 is 9.53 Å². The maximum absolute atomic E-state index is 11.4. The smallest absolute Gasteiger partial charge is 0.233 e. The highest BCUT2D eigenvalue weighted by Gasteiger charge is 1.99. The van der Waals surface area contributed by atoms with Gasteiger partial charge in [0.25, 0.3) is 0 Å². The van der Waals surface area contributed by atoms with Gasteiger partial charge in [-0.1, -0.05) is 28.1 Å². The number of amides is 1. The SMILES string of the molecule is COCCCNC(=O)CNCc1ccc(Br)cc1. The van der Waals surface area contributed by atoms with Crippen molar-refractivity contribution in [3.63, 3.8) is 0 Å². The quantitative estimate of drug-likeness (QED) is 0.718. The van der Waals surface area contributed by atoms with Gasteiger partial charge in [0.15, 0.2) is 0 Å². The van der Waals surface area contributed by atoms with Crippen LogP contribution in [0.1, 0.15) is 12.0 Å². The molecule has 2 N–H and O–H groups in total. The first-order valence-electron chi connectivity index (χ1n) is 5.93. The van der Waals surface area contributed by atoms with Gasteiger partial charge in [0.05, 0.1) is 6.54 Å². The summed E-state index contributed by atoms with van der Waals surface area (Å²) in [5.74, 6) is 0.0169. The number of halogens is 1. The van der Waals surface area contributed by atoms with Crippen molar-refractivity contribution in [1.82, 2.24) is 10.6 Å². The Morgan fingerprint density at radius 2 is 2.06 bits per heavy atom. The summed E-state index contributed by atoms with van der Waals surface area (Å²) >= 11 is 3.38. The molecule has 0 aliphatic heterocycles. The van der Waals surface area contributed by atoms with Crippen molar-refractivity contribution in [2.24, 2.45) is 0 Å². The molecule has 18 heavy (non-hydrogen) atoms. The fourth-order valence-electron chi connectivity index (χ4n) is 1.43. The van der Waals surface area contributed by atoms with Crippen LogP contribution in [0.4, 0.5) is 0 Å². The maximum Gasteiger partial charge on any atom is 0.233 e. The molecule has 0 heterocycles. The molecule has 0 fully saturated rings. The molecule has 0 spiro atoms. The second-order valence-corrected chi connectivity index (χ2v) is 4.84. The Morgan fingerprint density at radius 1 is 1.33 bits per heavy atom. The minimum atomic E-state index is 0.0169. The zero-order valence-electron chi connectivity index (χ0n) is 10.5. The number of rotatable bonds is 8. The predicted molar refractivity (Wildman–Crippen MR) is 75.4 cm³/mol. The van der Waals surface area contributed by atoms with E-state index in [0.717, 1.165) is 16.5 Å². The molecule has 0 radical (unpaired) electrons. The fraction of sp³-hybridized carbons (Fsp3) is 0.462. The van der Waals surface area contributed by atoms with Crippen molar-refractivity contribution in [2.75, 3.05) is 26.8 Å². The largest absolute Gasteiger partial charge is 0.385 e. The molecule has 0 saturated carbocycles. The summed E-state index contributed by atoms with van der Waals surface area (Å²) in [7, 11) is 1.65. The van der Waals surface area contributed by atoms with Crippen molar-refractivity contribution in [1.29, 1.82) is 0 Å². The molecule has 0 saturated heterocycles. The number of hydrogen-bond donors (Lipinski definition) is 2. The molecule has 0 unspecified atom stereocenters. The summed E-state index contributed by atoms with van der Waals surface area (Å²) in [4.78, 5) is 11.4. The lowest BCUT2D eigenvalue weighted by Gasteiger charge is -2.06. The summed E-state index contributed by atoms with van der Waals surface area (Å²) < 4.78 is 5.96. The highest BCUT2D eigenvalue weighted by molar-refractivity contribution is 9.10. The lowest BCUT2D eigenvalue weighted by Crippen LogP contribution is -2.34. The lowest BCUT2D eigenvalue weighted by atomic mass is 10.2. The van der Waals surface area contributed by atoms with E-state index in [-0.39, 0.29) is 5.91 Å². The van der Waals surface area contributed by atoms with Crippen LogP contribution in [-0.2, 0) is 16.1 Å². The Kier molecular flexibility index (Phi) is 7.64. The molecule has 5 heteroatoms. The number of carbonyl (C=O) groups is 1. The molecule has 1 aromatic rings. The lowest BCUT2D eigenvalue weighted by molar-refractivity contribution is -0.120. The maximum atomic E-state index is 11.4. The van der Waals surface area contributed by atoms with E-state index < -0.39 is 0 Å². The van der Waals surface area contributed by atoms with E-state index in [1.807, 2.05) is 24.3 Å². The van der Waals surface area contributed by atoms with Crippen molar-refractivity contribution in [3.05, 3.63) is 34.3 Å². The zero-order valence-corrected chi connectivity index (χ0v) is 12.1. The third-order valence-electron chi connectivity index (χ3n) is 2.38. The Labute approximate surface area is 116 Å². The average molecular weight is 315 g/mol. The van der Waals surface area contributed by atoms with Gasteiger partial charge >= 0.3 is 0 Å². The van der Waals surface area contributed by atoms with Crippen LogP contribution < -0.4 is 10.6 Å². The van der Waals surface area contributed by atoms with Gasteiger partial charge in [0.2, 0.25) is 5.91 Å². The van der Waals surface area contributed by atoms with Crippen molar-refractivity contribution >= 4 is 21.8 Å². The number of benzene rings is 1. The number of nitrogens with one attached hydrogen (secondary N) is 2. The Morgan fingerprint density at radius 3 is 2.72 bits per heavy atom. The molecule has 1 aromatic carbocycles. The van der Waals surface area contributed by atoms with E-state index in [4.69, 9.17) is 4.74 Å². The minimum Gasteiger partial charge on any atom is -0.385 e. The fourth-order valence-corrected chi connectivity index (χ4v) is 1.69. The van der Waals surface area contributed by atoms with Gasteiger partial charge in [-0.3, -0.25) is 4.79 Å². The normalized spacial score (nSPS) is 10.3. The molecule has 0 atom stereocenters. The molecule has 0 bridgehead atoms. The number of hydrogen-bond acceptors (Lipinski definition) is 3. The van der Waals surface area contributed by atoms with Gasteiger partial charge in [0.1, 0.15) is 0 Å². The van der Waals surface area contributed by atoms with Crippen molar-refractivity contribution in [3.8, 4) is 0 Å². The first-order chi connectivity index (χ1) is 8.72. The highest BCUT2D eigenvalue weighted by atomic mass is 79.9. The molecule has 1 rings (SSSR count). The Balaban J connectivity index is 2.10. The van der Waals surface area contributed by atoms with Crippen LogP contribution in [0.5, 0.6) is 0 Å². The van der Waals surface area contributed by atoms with E-state index in [2.05, 4.69) is 26.6 Å². The standard InChI is InChI=1S/C13H19BrN2O2/c1-18-8-2-7-16-13(17)10-15-9-11-3-5-12(14)6-4-11/h3-6,15H,2,7-10H2,1H3,(H,16,17). The van der Waals surface area contributed by atoms with Crippen LogP contribution >= 0.6 is 15.9 Å². The topological polar surface area (TPSA) is 50.4 Å². The molecular weight excluding hydrogens is 296 g/mol. The predicted octanol–water partition coefficient (Wildman–Crippen LogP) is 1.69. The number of methoxy groups -OCH3 is 1. The van der Waals surface area contributed by atoms with Crippen LogP contribution in [0, 0.1) is 0 Å². The second-order valence-electron chi connectivity index (χ2n) is 3.93. The summed E-state index contributed by atoms with van der Waals surface area (Å²) in [6.45, 7) is 2.36. The third kappa shape index (κ3) is 6.74.